The number of phenols is 2. The Balaban J connectivity index is 2.68. The van der Waals surface area contributed by atoms with Crippen molar-refractivity contribution in [2.45, 2.75) is 6.42 Å². The van der Waals surface area contributed by atoms with Gasteiger partial charge in [0.05, 0.1) is 13.5 Å². The van der Waals surface area contributed by atoms with Gasteiger partial charge in [0, 0.05) is 17.5 Å². The molecule has 6 nitrogen and oxygen atoms in total. The maximum Gasteiger partial charge on any atom is 0.336 e. The van der Waals surface area contributed by atoms with Gasteiger partial charge in [0.2, 0.25) is 0 Å². The molecular formula is C12H10O6. The van der Waals surface area contributed by atoms with Gasteiger partial charge >= 0.3 is 11.6 Å². The second-order valence-corrected chi connectivity index (χ2v) is 3.68. The number of carbonyl (C=O) groups excluding carboxylic acids is 1. The normalized spacial score (nSPS) is 10.5. The van der Waals surface area contributed by atoms with Gasteiger partial charge < -0.3 is 19.4 Å². The fourth-order valence-electron chi connectivity index (χ4n) is 1.62. The van der Waals surface area contributed by atoms with Crippen molar-refractivity contribution >= 4 is 16.9 Å². The molecule has 0 atom stereocenters. The lowest BCUT2D eigenvalue weighted by atomic mass is 10.1. The zero-order valence-corrected chi connectivity index (χ0v) is 9.47. The Labute approximate surface area is 101 Å². The summed E-state index contributed by atoms with van der Waals surface area (Å²) in [5.74, 6) is -1.28. The first-order chi connectivity index (χ1) is 8.51. The number of hydrogen-bond acceptors (Lipinski definition) is 6. The Morgan fingerprint density at radius 2 is 1.94 bits per heavy atom. The van der Waals surface area contributed by atoms with E-state index in [4.69, 9.17) is 4.42 Å². The summed E-state index contributed by atoms with van der Waals surface area (Å²) in [6.07, 6.45) is -0.122. The van der Waals surface area contributed by atoms with Crippen molar-refractivity contribution in [1.29, 1.82) is 0 Å². The van der Waals surface area contributed by atoms with Crippen LogP contribution in [0.3, 0.4) is 0 Å². The molecule has 0 aliphatic rings. The Kier molecular flexibility index (Phi) is 2.93. The first-order valence-electron chi connectivity index (χ1n) is 5.07. The molecule has 1 aromatic carbocycles. The summed E-state index contributed by atoms with van der Waals surface area (Å²) in [4.78, 5) is 22.5. The summed E-state index contributed by atoms with van der Waals surface area (Å²) >= 11 is 0. The third-order valence-corrected chi connectivity index (χ3v) is 2.49. The van der Waals surface area contributed by atoms with Gasteiger partial charge in [-0.25, -0.2) is 4.79 Å². The lowest BCUT2D eigenvalue weighted by Crippen LogP contribution is -2.08. The highest BCUT2D eigenvalue weighted by Gasteiger charge is 2.13. The molecule has 0 bridgehead atoms. The van der Waals surface area contributed by atoms with Crippen molar-refractivity contribution in [3.8, 4) is 11.5 Å². The molecule has 0 spiro atoms. The van der Waals surface area contributed by atoms with Crippen LogP contribution in [0.1, 0.15) is 5.56 Å². The predicted octanol–water partition coefficient (Wildman–Crippen LogP) is 0.920. The molecule has 2 rings (SSSR count). The lowest BCUT2D eigenvalue weighted by Gasteiger charge is -2.05. The minimum Gasteiger partial charge on any atom is -0.504 e. The molecule has 0 fully saturated rings. The molecule has 18 heavy (non-hydrogen) atoms. The van der Waals surface area contributed by atoms with Crippen LogP contribution in [0.2, 0.25) is 0 Å². The lowest BCUT2D eigenvalue weighted by molar-refractivity contribution is -0.139. The number of fused-ring (bicyclic) bond motifs is 1. The van der Waals surface area contributed by atoms with Crippen molar-refractivity contribution in [2.75, 3.05) is 7.11 Å². The third kappa shape index (κ3) is 2.13. The van der Waals surface area contributed by atoms with Crippen LogP contribution in [0.5, 0.6) is 11.5 Å². The smallest absolute Gasteiger partial charge is 0.336 e. The summed E-state index contributed by atoms with van der Waals surface area (Å²) in [6.45, 7) is 0. The molecule has 0 radical (unpaired) electrons. The zero-order valence-electron chi connectivity index (χ0n) is 9.47. The molecule has 94 valence electrons. The van der Waals surface area contributed by atoms with Gasteiger partial charge in [-0.15, -0.1) is 0 Å². The quantitative estimate of drug-likeness (QED) is 0.467. The highest BCUT2D eigenvalue weighted by molar-refractivity contribution is 5.87. The standard InChI is InChI=1S/C12H10O6/c1-17-11(15)2-6-3-12(16)18-10-5-9(14)8(13)4-7(6)10/h3-5,13-14H,2H2,1H3. The Morgan fingerprint density at radius 3 is 2.61 bits per heavy atom. The molecule has 0 saturated carbocycles. The van der Waals surface area contributed by atoms with Crippen molar-refractivity contribution in [3.05, 3.63) is 34.2 Å². The number of ether oxygens (including phenoxy) is 1. The minimum atomic E-state index is -0.647. The molecule has 2 N–H and O–H groups in total. The van der Waals surface area contributed by atoms with E-state index in [9.17, 15) is 19.8 Å². The molecule has 0 amide bonds. The summed E-state index contributed by atoms with van der Waals surface area (Å²) in [6, 6.07) is 3.49. The van der Waals surface area contributed by atoms with Crippen LogP contribution < -0.4 is 5.63 Å². The summed E-state index contributed by atoms with van der Waals surface area (Å²) in [7, 11) is 1.24. The van der Waals surface area contributed by atoms with Crippen LogP contribution in [-0.2, 0) is 16.0 Å². The van der Waals surface area contributed by atoms with Crippen LogP contribution in [-0.4, -0.2) is 23.3 Å². The van der Waals surface area contributed by atoms with Crippen molar-refractivity contribution in [2.24, 2.45) is 0 Å². The fourth-order valence-corrected chi connectivity index (χ4v) is 1.62. The highest BCUT2D eigenvalue weighted by atomic mass is 16.5. The van der Waals surface area contributed by atoms with E-state index in [1.165, 1.54) is 13.2 Å². The van der Waals surface area contributed by atoms with E-state index in [0.717, 1.165) is 12.1 Å². The largest absolute Gasteiger partial charge is 0.504 e. The third-order valence-electron chi connectivity index (χ3n) is 2.49. The van der Waals surface area contributed by atoms with Crippen LogP contribution in [0.4, 0.5) is 0 Å². The van der Waals surface area contributed by atoms with Gasteiger partial charge in [0.15, 0.2) is 11.5 Å². The van der Waals surface area contributed by atoms with E-state index in [-0.39, 0.29) is 17.8 Å². The minimum absolute atomic E-state index is 0.0942. The summed E-state index contributed by atoms with van der Waals surface area (Å²) < 4.78 is 9.39. The molecule has 0 aliphatic carbocycles. The summed E-state index contributed by atoms with van der Waals surface area (Å²) in [5.41, 5.74) is -0.188. The van der Waals surface area contributed by atoms with Gasteiger partial charge in [-0.1, -0.05) is 0 Å². The number of hydrogen-bond donors (Lipinski definition) is 2. The fraction of sp³-hybridized carbons (Fsp3) is 0.167. The summed E-state index contributed by atoms with van der Waals surface area (Å²) in [5, 5.41) is 19.1. The van der Waals surface area contributed by atoms with Gasteiger partial charge in [0.1, 0.15) is 5.58 Å². The van der Waals surface area contributed by atoms with E-state index in [1.807, 2.05) is 0 Å². The molecule has 1 aromatic heterocycles. The van der Waals surface area contributed by atoms with Crippen LogP contribution >= 0.6 is 0 Å². The van der Waals surface area contributed by atoms with Gasteiger partial charge in [0.25, 0.3) is 0 Å². The molecular weight excluding hydrogens is 240 g/mol. The molecule has 6 heteroatoms. The zero-order chi connectivity index (χ0) is 13.3. The molecule has 0 aliphatic heterocycles. The molecule has 1 heterocycles. The second-order valence-electron chi connectivity index (χ2n) is 3.68. The number of carbonyl (C=O) groups is 1. The number of aromatic hydroxyl groups is 2. The van der Waals surface area contributed by atoms with E-state index in [0.29, 0.717) is 10.9 Å². The van der Waals surface area contributed by atoms with Crippen LogP contribution in [0.15, 0.2) is 27.4 Å². The number of esters is 1. The number of benzene rings is 1. The highest BCUT2D eigenvalue weighted by Crippen LogP contribution is 2.31. The maximum absolute atomic E-state index is 11.3. The van der Waals surface area contributed by atoms with Gasteiger partial charge in [-0.3, -0.25) is 4.79 Å². The monoisotopic (exact) mass is 250 g/mol. The van der Waals surface area contributed by atoms with E-state index >= 15 is 0 Å². The van der Waals surface area contributed by atoms with Crippen molar-refractivity contribution < 1.29 is 24.2 Å². The predicted molar refractivity (Wildman–Crippen MR) is 61.5 cm³/mol. The average molecular weight is 250 g/mol. The van der Waals surface area contributed by atoms with E-state index < -0.39 is 17.3 Å². The first-order valence-corrected chi connectivity index (χ1v) is 5.07. The molecule has 2 aromatic rings. The maximum atomic E-state index is 11.3. The Morgan fingerprint density at radius 1 is 1.28 bits per heavy atom. The molecule has 0 saturated heterocycles. The Hall–Kier alpha value is -2.50. The number of methoxy groups -OCH3 is 1. The van der Waals surface area contributed by atoms with E-state index in [1.54, 1.807) is 0 Å². The molecule has 0 unspecified atom stereocenters. The van der Waals surface area contributed by atoms with Gasteiger partial charge in [-0.2, -0.15) is 0 Å². The second kappa shape index (κ2) is 4.40. The SMILES string of the molecule is COC(=O)Cc1cc(=O)oc2cc(O)c(O)cc12. The number of phenolic OH excluding ortho intramolecular Hbond substituents is 2. The van der Waals surface area contributed by atoms with Crippen LogP contribution in [0.25, 0.3) is 11.0 Å². The Bertz CT molecular complexity index is 670. The van der Waals surface area contributed by atoms with Gasteiger partial charge in [-0.05, 0) is 11.6 Å². The average Bonchev–Trinajstić information content (AvgIpc) is 2.31. The van der Waals surface area contributed by atoms with Crippen molar-refractivity contribution in [3.63, 3.8) is 0 Å². The van der Waals surface area contributed by atoms with E-state index in [2.05, 4.69) is 4.74 Å². The topological polar surface area (TPSA) is 97.0 Å². The van der Waals surface area contributed by atoms with Crippen LogP contribution in [0, 0.1) is 0 Å². The first kappa shape index (κ1) is 12.0. The van der Waals surface area contributed by atoms with Crippen molar-refractivity contribution in [1.82, 2.24) is 0 Å². The number of rotatable bonds is 2.